The second-order valence-electron chi connectivity index (χ2n) is 4.55. The Morgan fingerprint density at radius 1 is 1.38 bits per heavy atom. The van der Waals surface area contributed by atoms with Crippen LogP contribution in [0.3, 0.4) is 0 Å². The van der Waals surface area contributed by atoms with Crippen molar-refractivity contribution in [1.82, 2.24) is 9.97 Å². The Morgan fingerprint density at radius 3 is 2.69 bits per heavy atom. The van der Waals surface area contributed by atoms with Crippen LogP contribution in [-0.4, -0.2) is 23.1 Å². The van der Waals surface area contributed by atoms with Crippen molar-refractivity contribution < 1.29 is 0 Å². The second-order valence-corrected chi connectivity index (χ2v) is 4.55. The van der Waals surface area contributed by atoms with E-state index in [1.807, 2.05) is 13.0 Å². The Bertz CT molecular complexity index is 358. The number of anilines is 1. The molecule has 0 saturated heterocycles. The van der Waals surface area contributed by atoms with Crippen LogP contribution in [0, 0.1) is 6.92 Å². The summed E-state index contributed by atoms with van der Waals surface area (Å²) in [5.41, 5.74) is 7.55. The van der Waals surface area contributed by atoms with E-state index in [0.717, 1.165) is 17.3 Å². The van der Waals surface area contributed by atoms with E-state index < -0.39 is 0 Å². The van der Waals surface area contributed by atoms with Gasteiger partial charge in [-0.1, -0.05) is 12.8 Å². The molecular weight excluding hydrogens is 200 g/mol. The lowest BCUT2D eigenvalue weighted by molar-refractivity contribution is 0.635. The Hall–Kier alpha value is -1.16. The molecule has 0 radical (unpaired) electrons. The van der Waals surface area contributed by atoms with Gasteiger partial charge >= 0.3 is 0 Å². The van der Waals surface area contributed by atoms with Crippen molar-refractivity contribution in [2.45, 2.75) is 45.2 Å². The summed E-state index contributed by atoms with van der Waals surface area (Å²) in [4.78, 5) is 11.2. The Kier molecular flexibility index (Phi) is 3.39. The van der Waals surface area contributed by atoms with Gasteiger partial charge in [0.2, 0.25) is 5.95 Å². The number of rotatable bonds is 3. The molecule has 4 heteroatoms. The van der Waals surface area contributed by atoms with E-state index in [-0.39, 0.29) is 0 Å². The molecular formula is C12H20N4. The molecule has 4 nitrogen and oxygen atoms in total. The highest BCUT2D eigenvalue weighted by atomic mass is 15.3. The number of hydrogen-bond donors (Lipinski definition) is 1. The summed E-state index contributed by atoms with van der Waals surface area (Å²) in [6, 6.07) is 2.55. The van der Waals surface area contributed by atoms with E-state index in [4.69, 9.17) is 5.73 Å². The number of nitrogens with zero attached hydrogens (tertiary/aromatic N) is 3. The molecule has 0 atom stereocenters. The van der Waals surface area contributed by atoms with Gasteiger partial charge in [-0.15, -0.1) is 0 Å². The lowest BCUT2D eigenvalue weighted by Gasteiger charge is -2.24. The number of hydrogen-bond acceptors (Lipinski definition) is 4. The highest BCUT2D eigenvalue weighted by Gasteiger charge is 2.21. The van der Waals surface area contributed by atoms with Crippen LogP contribution < -0.4 is 10.6 Å². The van der Waals surface area contributed by atoms with Gasteiger partial charge < -0.3 is 10.6 Å². The molecule has 0 amide bonds. The van der Waals surface area contributed by atoms with Crippen molar-refractivity contribution in [2.75, 3.05) is 11.9 Å². The Morgan fingerprint density at radius 2 is 2.06 bits per heavy atom. The zero-order valence-electron chi connectivity index (χ0n) is 10.1. The van der Waals surface area contributed by atoms with E-state index in [9.17, 15) is 0 Å². The maximum absolute atomic E-state index is 5.63. The van der Waals surface area contributed by atoms with Crippen LogP contribution in [0.25, 0.3) is 0 Å². The van der Waals surface area contributed by atoms with E-state index in [1.54, 1.807) is 0 Å². The summed E-state index contributed by atoms with van der Waals surface area (Å²) in [5.74, 6) is 0.826. The highest BCUT2D eigenvalue weighted by molar-refractivity contribution is 5.33. The maximum atomic E-state index is 5.63. The van der Waals surface area contributed by atoms with Crippen molar-refractivity contribution in [1.29, 1.82) is 0 Å². The molecule has 2 rings (SSSR count). The molecule has 1 aromatic heterocycles. The van der Waals surface area contributed by atoms with Crippen LogP contribution in [0.5, 0.6) is 0 Å². The van der Waals surface area contributed by atoms with E-state index in [1.165, 1.54) is 25.7 Å². The zero-order chi connectivity index (χ0) is 11.5. The SMILES string of the molecule is Cc1cc(CN)nc(N(C)C2CCCC2)n1. The molecule has 0 aliphatic heterocycles. The molecule has 0 bridgehead atoms. The van der Waals surface area contributed by atoms with Gasteiger partial charge in [0.1, 0.15) is 0 Å². The first kappa shape index (κ1) is 11.3. The summed E-state index contributed by atoms with van der Waals surface area (Å²) in [6.07, 6.45) is 5.16. The molecule has 1 aliphatic carbocycles. The predicted molar refractivity (Wildman–Crippen MR) is 65.3 cm³/mol. The van der Waals surface area contributed by atoms with Gasteiger partial charge in [-0.3, -0.25) is 0 Å². The minimum atomic E-state index is 0.481. The molecule has 1 heterocycles. The third-order valence-electron chi connectivity index (χ3n) is 3.29. The first-order valence-corrected chi connectivity index (χ1v) is 5.98. The van der Waals surface area contributed by atoms with Gasteiger partial charge in [0.25, 0.3) is 0 Å². The molecule has 1 aromatic rings. The number of nitrogens with two attached hydrogens (primary N) is 1. The van der Waals surface area contributed by atoms with E-state index in [2.05, 4.69) is 21.9 Å². The Balaban J connectivity index is 2.21. The monoisotopic (exact) mass is 220 g/mol. The first-order chi connectivity index (χ1) is 7.70. The van der Waals surface area contributed by atoms with Crippen molar-refractivity contribution >= 4 is 5.95 Å². The highest BCUT2D eigenvalue weighted by Crippen LogP contribution is 2.25. The van der Waals surface area contributed by atoms with E-state index in [0.29, 0.717) is 12.6 Å². The maximum Gasteiger partial charge on any atom is 0.225 e. The summed E-state index contributed by atoms with van der Waals surface area (Å²) in [7, 11) is 2.09. The van der Waals surface area contributed by atoms with Crippen molar-refractivity contribution in [3.63, 3.8) is 0 Å². The fourth-order valence-corrected chi connectivity index (χ4v) is 2.33. The van der Waals surface area contributed by atoms with E-state index >= 15 is 0 Å². The standard InChI is InChI=1S/C12H20N4/c1-9-7-10(8-13)15-12(14-9)16(2)11-5-3-4-6-11/h7,11H,3-6,8,13H2,1-2H3. The zero-order valence-corrected chi connectivity index (χ0v) is 10.1. The van der Waals surface area contributed by atoms with Crippen molar-refractivity contribution in [3.8, 4) is 0 Å². The van der Waals surface area contributed by atoms with Crippen LogP contribution in [0.15, 0.2) is 6.07 Å². The van der Waals surface area contributed by atoms with Gasteiger partial charge in [0, 0.05) is 25.3 Å². The molecule has 2 N–H and O–H groups in total. The average molecular weight is 220 g/mol. The quantitative estimate of drug-likeness (QED) is 0.841. The Labute approximate surface area is 96.9 Å². The summed E-state index contributed by atoms with van der Waals surface area (Å²) in [6.45, 7) is 2.47. The van der Waals surface area contributed by atoms with Gasteiger partial charge in [0.05, 0.1) is 5.69 Å². The lowest BCUT2D eigenvalue weighted by Crippen LogP contribution is -2.31. The lowest BCUT2D eigenvalue weighted by atomic mass is 10.2. The number of aromatic nitrogens is 2. The summed E-state index contributed by atoms with van der Waals surface area (Å²) in [5, 5.41) is 0. The van der Waals surface area contributed by atoms with Crippen molar-refractivity contribution in [3.05, 3.63) is 17.5 Å². The molecule has 0 spiro atoms. The predicted octanol–water partition coefficient (Wildman–Crippen LogP) is 1.62. The van der Waals surface area contributed by atoms with Crippen LogP contribution in [0.4, 0.5) is 5.95 Å². The fourth-order valence-electron chi connectivity index (χ4n) is 2.33. The van der Waals surface area contributed by atoms with Crippen LogP contribution in [0.2, 0.25) is 0 Å². The molecule has 1 fully saturated rings. The van der Waals surface area contributed by atoms with Crippen LogP contribution in [-0.2, 0) is 6.54 Å². The fraction of sp³-hybridized carbons (Fsp3) is 0.667. The van der Waals surface area contributed by atoms with Gasteiger partial charge in [-0.2, -0.15) is 0 Å². The van der Waals surface area contributed by atoms with Crippen LogP contribution in [0.1, 0.15) is 37.1 Å². The summed E-state index contributed by atoms with van der Waals surface area (Å²) < 4.78 is 0. The minimum absolute atomic E-state index is 0.481. The average Bonchev–Trinajstić information content (AvgIpc) is 2.80. The van der Waals surface area contributed by atoms with Gasteiger partial charge in [-0.05, 0) is 25.8 Å². The third-order valence-corrected chi connectivity index (χ3v) is 3.29. The molecule has 0 unspecified atom stereocenters. The van der Waals surface area contributed by atoms with Gasteiger partial charge in [0.15, 0.2) is 0 Å². The minimum Gasteiger partial charge on any atom is -0.341 e. The van der Waals surface area contributed by atoms with Crippen molar-refractivity contribution in [2.24, 2.45) is 5.73 Å². The largest absolute Gasteiger partial charge is 0.341 e. The first-order valence-electron chi connectivity index (χ1n) is 5.98. The molecule has 0 aromatic carbocycles. The van der Waals surface area contributed by atoms with Gasteiger partial charge in [-0.25, -0.2) is 9.97 Å². The second kappa shape index (κ2) is 4.78. The van der Waals surface area contributed by atoms with Crippen LogP contribution >= 0.6 is 0 Å². The third kappa shape index (κ3) is 2.32. The molecule has 16 heavy (non-hydrogen) atoms. The topological polar surface area (TPSA) is 55.0 Å². The molecule has 1 aliphatic rings. The molecule has 1 saturated carbocycles. The smallest absolute Gasteiger partial charge is 0.225 e. The molecule has 88 valence electrons. The number of aryl methyl sites for hydroxylation is 1. The normalized spacial score (nSPS) is 16.7. The summed E-state index contributed by atoms with van der Waals surface area (Å²) >= 11 is 0.